The third kappa shape index (κ3) is 4.42. The number of nitrogens with one attached hydrogen (secondary N) is 1. The molecule has 0 atom stereocenters. The Morgan fingerprint density at radius 2 is 1.97 bits per heavy atom. The smallest absolute Gasteiger partial charge is 0.253 e. The maximum absolute atomic E-state index is 12.8. The Kier molecular flexibility index (Phi) is 6.24. The zero-order valence-electron chi connectivity index (χ0n) is 17.4. The summed E-state index contributed by atoms with van der Waals surface area (Å²) in [6, 6.07) is 10.8. The molecule has 4 heterocycles. The molecule has 0 aliphatic carbocycles. The van der Waals surface area contributed by atoms with Gasteiger partial charge in [0.2, 0.25) is 0 Å². The maximum atomic E-state index is 12.8. The molecule has 1 saturated heterocycles. The van der Waals surface area contributed by atoms with Crippen LogP contribution in [0.25, 0.3) is 5.82 Å². The van der Waals surface area contributed by atoms with Crippen molar-refractivity contribution in [1.29, 1.82) is 0 Å². The van der Waals surface area contributed by atoms with Crippen LogP contribution in [-0.4, -0.2) is 54.5 Å². The Labute approximate surface area is 185 Å². The summed E-state index contributed by atoms with van der Waals surface area (Å²) in [5.41, 5.74) is 2.28. The summed E-state index contributed by atoms with van der Waals surface area (Å²) in [6.07, 6.45) is 1.72. The molecule has 0 unspecified atom stereocenters. The molecule has 0 aromatic carbocycles. The van der Waals surface area contributed by atoms with Gasteiger partial charge in [-0.3, -0.25) is 4.79 Å². The van der Waals surface area contributed by atoms with Gasteiger partial charge in [-0.15, -0.1) is 11.3 Å². The van der Waals surface area contributed by atoms with E-state index in [4.69, 9.17) is 4.74 Å². The second kappa shape index (κ2) is 8.91. The molecule has 4 rings (SSSR count). The summed E-state index contributed by atoms with van der Waals surface area (Å²) in [5, 5.41) is 2.90. The highest BCUT2D eigenvalue weighted by Crippen LogP contribution is 2.26. The lowest BCUT2D eigenvalue weighted by molar-refractivity contribution is 0.0731. The molecule has 0 radical (unpaired) electrons. The summed E-state index contributed by atoms with van der Waals surface area (Å²) in [4.78, 5) is 17.9. The molecule has 1 N–H and O–H groups in total. The third-order valence-electron chi connectivity index (χ3n) is 5.18. The Morgan fingerprint density at radius 3 is 2.68 bits per heavy atom. The number of carbonyl (C=O) groups excluding carboxylic acids is 1. The van der Waals surface area contributed by atoms with E-state index in [1.54, 1.807) is 18.3 Å². The van der Waals surface area contributed by atoms with Gasteiger partial charge in [0.15, 0.2) is 0 Å². The lowest BCUT2D eigenvalue weighted by Crippen LogP contribution is -2.40. The maximum Gasteiger partial charge on any atom is 0.253 e. The first-order valence-corrected chi connectivity index (χ1v) is 12.2. The van der Waals surface area contributed by atoms with Gasteiger partial charge in [-0.2, -0.15) is 4.31 Å². The van der Waals surface area contributed by atoms with Crippen molar-refractivity contribution in [3.63, 3.8) is 0 Å². The lowest BCUT2D eigenvalue weighted by atomic mass is 10.2. The number of nitrogens with zero attached hydrogens (tertiary/aromatic N) is 3. The summed E-state index contributed by atoms with van der Waals surface area (Å²) in [6.45, 7) is 5.61. The fourth-order valence-electron chi connectivity index (χ4n) is 3.60. The number of aryl methyl sites for hydroxylation is 1. The van der Waals surface area contributed by atoms with E-state index in [1.165, 1.54) is 15.6 Å². The van der Waals surface area contributed by atoms with Crippen molar-refractivity contribution in [1.82, 2.24) is 19.2 Å². The molecular formula is C21H24N4O4S2. The SMILES string of the molecule is Cc1cc(C(=O)NCc2ccc(S(=O)(=O)N3CCOCC3)s2)c(C)n1-c1ccccn1. The second-order valence-corrected chi connectivity index (χ2v) is 10.6. The summed E-state index contributed by atoms with van der Waals surface area (Å²) < 4.78 is 34.4. The van der Waals surface area contributed by atoms with Gasteiger partial charge >= 0.3 is 0 Å². The van der Waals surface area contributed by atoms with Crippen LogP contribution in [0.3, 0.4) is 0 Å². The van der Waals surface area contributed by atoms with Crippen molar-refractivity contribution in [2.24, 2.45) is 0 Å². The first-order chi connectivity index (χ1) is 14.9. The molecule has 8 nitrogen and oxygen atoms in total. The number of rotatable bonds is 6. The lowest BCUT2D eigenvalue weighted by Gasteiger charge is -2.25. The Morgan fingerprint density at radius 1 is 1.19 bits per heavy atom. The van der Waals surface area contributed by atoms with Gasteiger partial charge in [-0.05, 0) is 44.2 Å². The number of amides is 1. The number of carbonyl (C=O) groups is 1. The molecule has 0 saturated carbocycles. The van der Waals surface area contributed by atoms with E-state index in [-0.39, 0.29) is 16.7 Å². The molecular weight excluding hydrogens is 436 g/mol. The van der Waals surface area contributed by atoms with Crippen LogP contribution in [0.1, 0.15) is 26.6 Å². The molecule has 1 fully saturated rings. The Hall–Kier alpha value is -2.53. The number of pyridine rings is 1. The van der Waals surface area contributed by atoms with Crippen molar-refractivity contribution in [2.45, 2.75) is 24.6 Å². The minimum atomic E-state index is -3.52. The van der Waals surface area contributed by atoms with E-state index in [1.807, 2.05) is 42.7 Å². The van der Waals surface area contributed by atoms with Crippen molar-refractivity contribution in [3.05, 3.63) is 64.4 Å². The minimum absolute atomic E-state index is 0.207. The van der Waals surface area contributed by atoms with E-state index in [9.17, 15) is 13.2 Å². The van der Waals surface area contributed by atoms with Gasteiger partial charge in [-0.1, -0.05) is 6.07 Å². The molecule has 31 heavy (non-hydrogen) atoms. The highest BCUT2D eigenvalue weighted by Gasteiger charge is 2.27. The average molecular weight is 461 g/mol. The van der Waals surface area contributed by atoms with E-state index < -0.39 is 10.0 Å². The molecule has 1 aliphatic heterocycles. The van der Waals surface area contributed by atoms with Crippen LogP contribution in [-0.2, 0) is 21.3 Å². The summed E-state index contributed by atoms with van der Waals surface area (Å²) in [5.74, 6) is 0.550. The van der Waals surface area contributed by atoms with E-state index >= 15 is 0 Å². The number of sulfonamides is 1. The van der Waals surface area contributed by atoms with Gasteiger partial charge in [0.1, 0.15) is 10.0 Å². The average Bonchev–Trinajstić information content (AvgIpc) is 3.38. The standard InChI is InChI=1S/C21H24N4O4S2/c1-15-13-18(16(2)25(15)19-5-3-4-8-22-19)21(26)23-14-17-6-7-20(30-17)31(27,28)24-9-11-29-12-10-24/h3-8,13H,9-12,14H2,1-2H3,(H,23,26). The second-order valence-electron chi connectivity index (χ2n) is 7.23. The molecule has 0 bridgehead atoms. The molecule has 3 aromatic heterocycles. The van der Waals surface area contributed by atoms with Crippen LogP contribution < -0.4 is 5.32 Å². The van der Waals surface area contributed by atoms with Crippen LogP contribution in [0.2, 0.25) is 0 Å². The van der Waals surface area contributed by atoms with Crippen LogP contribution in [0, 0.1) is 13.8 Å². The van der Waals surface area contributed by atoms with Crippen molar-refractivity contribution in [3.8, 4) is 5.82 Å². The molecule has 1 amide bonds. The number of hydrogen-bond acceptors (Lipinski definition) is 6. The largest absolute Gasteiger partial charge is 0.379 e. The number of thiophene rings is 1. The van der Waals surface area contributed by atoms with Gasteiger partial charge in [0, 0.05) is 35.6 Å². The fourth-order valence-corrected chi connectivity index (χ4v) is 6.46. The van der Waals surface area contributed by atoms with Gasteiger partial charge in [0.25, 0.3) is 15.9 Å². The quantitative estimate of drug-likeness (QED) is 0.610. The van der Waals surface area contributed by atoms with E-state index in [0.717, 1.165) is 22.1 Å². The first kappa shape index (κ1) is 21.7. The fraction of sp³-hybridized carbons (Fsp3) is 0.333. The molecule has 164 valence electrons. The first-order valence-electron chi connectivity index (χ1n) is 9.93. The molecule has 10 heteroatoms. The van der Waals surface area contributed by atoms with Crippen LogP contribution in [0.15, 0.2) is 46.8 Å². The number of morpholine rings is 1. The molecule has 0 spiro atoms. The summed E-state index contributed by atoms with van der Waals surface area (Å²) >= 11 is 1.18. The molecule has 1 aliphatic rings. The Bertz CT molecular complexity index is 1180. The van der Waals surface area contributed by atoms with Crippen LogP contribution >= 0.6 is 11.3 Å². The number of aromatic nitrogens is 2. The highest BCUT2D eigenvalue weighted by atomic mass is 32.2. The van der Waals surface area contributed by atoms with E-state index in [2.05, 4.69) is 10.3 Å². The zero-order chi connectivity index (χ0) is 22.0. The van der Waals surface area contributed by atoms with Crippen molar-refractivity contribution in [2.75, 3.05) is 26.3 Å². The van der Waals surface area contributed by atoms with Gasteiger partial charge in [0.05, 0.1) is 25.3 Å². The predicted octanol–water partition coefficient (Wildman–Crippen LogP) is 2.50. The number of ether oxygens (including phenoxy) is 1. The molecule has 3 aromatic rings. The van der Waals surface area contributed by atoms with Gasteiger partial charge < -0.3 is 14.6 Å². The van der Waals surface area contributed by atoms with Crippen molar-refractivity contribution >= 4 is 27.3 Å². The normalized spacial score (nSPS) is 15.2. The monoisotopic (exact) mass is 460 g/mol. The third-order valence-corrected chi connectivity index (χ3v) is 8.63. The van der Waals surface area contributed by atoms with Crippen LogP contribution in [0.4, 0.5) is 0 Å². The highest BCUT2D eigenvalue weighted by molar-refractivity contribution is 7.91. The van der Waals surface area contributed by atoms with E-state index in [0.29, 0.717) is 31.9 Å². The van der Waals surface area contributed by atoms with Gasteiger partial charge in [-0.25, -0.2) is 13.4 Å². The van der Waals surface area contributed by atoms with Crippen molar-refractivity contribution < 1.29 is 17.9 Å². The Balaban J connectivity index is 1.46. The number of hydrogen-bond donors (Lipinski definition) is 1. The summed E-state index contributed by atoms with van der Waals surface area (Å²) in [7, 11) is -3.52. The minimum Gasteiger partial charge on any atom is -0.379 e. The van der Waals surface area contributed by atoms with Crippen LogP contribution in [0.5, 0.6) is 0 Å². The topological polar surface area (TPSA) is 93.5 Å². The predicted molar refractivity (Wildman–Crippen MR) is 118 cm³/mol. The zero-order valence-corrected chi connectivity index (χ0v) is 19.0.